The third-order valence-electron chi connectivity index (χ3n) is 4.19. The van der Waals surface area contributed by atoms with E-state index in [1.54, 1.807) is 0 Å². The van der Waals surface area contributed by atoms with Crippen LogP contribution in [0.5, 0.6) is 5.75 Å². The first-order valence-electron chi connectivity index (χ1n) is 9.15. The van der Waals surface area contributed by atoms with E-state index in [0.29, 0.717) is 6.61 Å². The van der Waals surface area contributed by atoms with E-state index < -0.39 is 0 Å². The third-order valence-corrected chi connectivity index (χ3v) is 4.19. The molecule has 1 rings (SSSR count). The van der Waals surface area contributed by atoms with Crippen molar-refractivity contribution in [3.8, 4) is 5.75 Å². The summed E-state index contributed by atoms with van der Waals surface area (Å²) in [6.07, 6.45) is 10.8. The number of aliphatic hydroxyl groups excluding tert-OH is 1. The summed E-state index contributed by atoms with van der Waals surface area (Å²) in [7, 11) is 0. The summed E-state index contributed by atoms with van der Waals surface area (Å²) in [6.45, 7) is 7.21. The molecule has 0 saturated heterocycles. The Morgan fingerprint density at radius 2 is 1.41 bits per heavy atom. The Bertz CT molecular complexity index is 373. The normalized spacial score (nSPS) is 10.9. The molecule has 0 aliphatic heterocycles. The van der Waals surface area contributed by atoms with Gasteiger partial charge in [0.1, 0.15) is 12.4 Å². The minimum absolute atomic E-state index is 0.0785. The van der Waals surface area contributed by atoms with Crippen molar-refractivity contribution in [1.29, 1.82) is 0 Å². The predicted molar refractivity (Wildman–Crippen MR) is 94.9 cm³/mol. The van der Waals surface area contributed by atoms with Crippen molar-refractivity contribution in [3.05, 3.63) is 28.8 Å². The van der Waals surface area contributed by atoms with Gasteiger partial charge in [0.2, 0.25) is 0 Å². The summed E-state index contributed by atoms with van der Waals surface area (Å²) in [5.74, 6) is 0.994. The quantitative estimate of drug-likeness (QED) is 0.583. The van der Waals surface area contributed by atoms with Crippen LogP contribution < -0.4 is 4.74 Å². The van der Waals surface area contributed by atoms with Crippen molar-refractivity contribution in [2.45, 2.75) is 78.6 Å². The van der Waals surface area contributed by atoms with E-state index >= 15 is 0 Å². The smallest absolute Gasteiger partial charge is 0.122 e. The Balaban J connectivity index is 3.11. The molecule has 2 nitrogen and oxygen atoms in total. The second-order valence-corrected chi connectivity index (χ2v) is 6.06. The molecule has 0 aromatic heterocycles. The molecular weight excluding hydrogens is 272 g/mol. The predicted octanol–water partition coefficient (Wildman–Crippen LogP) is 5.09. The van der Waals surface area contributed by atoms with Crippen LogP contribution in [0.1, 0.15) is 76.0 Å². The largest absolute Gasteiger partial charge is 0.491 e. The number of unbranched alkanes of at least 4 members (excludes halogenated alkanes) is 3. The molecule has 1 aromatic carbocycles. The highest BCUT2D eigenvalue weighted by Gasteiger charge is 2.14. The molecule has 0 saturated carbocycles. The highest BCUT2D eigenvalue weighted by molar-refractivity contribution is 5.46. The Morgan fingerprint density at radius 3 is 2.00 bits per heavy atom. The molecule has 0 radical (unpaired) electrons. The zero-order valence-electron chi connectivity index (χ0n) is 14.8. The standard InChI is InChI=1S/C20H34O2/c1-4-7-10-17-13-14-20(22-16-15-21)19(12-9-6-3)18(17)11-8-5-2/h13-14,21H,4-12,15-16H2,1-3H3. The summed E-state index contributed by atoms with van der Waals surface area (Å²) in [6, 6.07) is 4.38. The topological polar surface area (TPSA) is 29.5 Å². The van der Waals surface area contributed by atoms with E-state index in [-0.39, 0.29) is 6.61 Å². The average Bonchev–Trinajstić information content (AvgIpc) is 2.55. The van der Waals surface area contributed by atoms with E-state index in [4.69, 9.17) is 9.84 Å². The van der Waals surface area contributed by atoms with Crippen molar-refractivity contribution in [1.82, 2.24) is 0 Å². The van der Waals surface area contributed by atoms with Crippen molar-refractivity contribution in [2.24, 2.45) is 0 Å². The number of hydrogen-bond acceptors (Lipinski definition) is 2. The maximum Gasteiger partial charge on any atom is 0.122 e. The lowest BCUT2D eigenvalue weighted by atomic mass is 9.90. The van der Waals surface area contributed by atoms with Gasteiger partial charge in [0, 0.05) is 0 Å². The fraction of sp³-hybridized carbons (Fsp3) is 0.700. The molecule has 126 valence electrons. The van der Waals surface area contributed by atoms with Crippen molar-refractivity contribution < 1.29 is 9.84 Å². The number of hydrogen-bond donors (Lipinski definition) is 1. The minimum atomic E-state index is 0.0785. The molecule has 1 aromatic rings. The van der Waals surface area contributed by atoms with Crippen LogP contribution in [0.15, 0.2) is 12.1 Å². The molecule has 0 fully saturated rings. The van der Waals surface area contributed by atoms with Gasteiger partial charge in [-0.3, -0.25) is 0 Å². The Kier molecular flexibility index (Phi) is 9.98. The van der Waals surface area contributed by atoms with Crippen molar-refractivity contribution in [2.75, 3.05) is 13.2 Å². The molecule has 0 aliphatic carbocycles. The van der Waals surface area contributed by atoms with E-state index in [9.17, 15) is 0 Å². The van der Waals surface area contributed by atoms with E-state index in [1.165, 1.54) is 61.6 Å². The summed E-state index contributed by atoms with van der Waals surface area (Å²) < 4.78 is 5.81. The molecule has 0 aliphatic rings. The first-order chi connectivity index (χ1) is 10.8. The van der Waals surface area contributed by atoms with Gasteiger partial charge in [0.25, 0.3) is 0 Å². The highest BCUT2D eigenvalue weighted by Crippen LogP contribution is 2.30. The molecule has 0 atom stereocenters. The molecule has 0 bridgehead atoms. The molecular formula is C20H34O2. The van der Waals surface area contributed by atoms with Gasteiger partial charge in [-0.15, -0.1) is 0 Å². The van der Waals surface area contributed by atoms with Crippen molar-refractivity contribution in [3.63, 3.8) is 0 Å². The fourth-order valence-electron chi connectivity index (χ4n) is 2.90. The Hall–Kier alpha value is -1.02. The number of rotatable bonds is 12. The molecule has 2 heteroatoms. The lowest BCUT2D eigenvalue weighted by Crippen LogP contribution is -2.08. The Morgan fingerprint density at radius 1 is 0.818 bits per heavy atom. The van der Waals surface area contributed by atoms with E-state index in [1.807, 2.05) is 0 Å². The monoisotopic (exact) mass is 306 g/mol. The van der Waals surface area contributed by atoms with Crippen LogP contribution >= 0.6 is 0 Å². The molecule has 1 N–H and O–H groups in total. The van der Waals surface area contributed by atoms with Gasteiger partial charge in [-0.25, -0.2) is 0 Å². The summed E-state index contributed by atoms with van der Waals surface area (Å²) in [5, 5.41) is 9.05. The van der Waals surface area contributed by atoms with Crippen LogP contribution in [0.2, 0.25) is 0 Å². The van der Waals surface area contributed by atoms with Gasteiger partial charge in [-0.1, -0.05) is 46.1 Å². The fourth-order valence-corrected chi connectivity index (χ4v) is 2.90. The first kappa shape index (κ1) is 19.0. The van der Waals surface area contributed by atoms with Crippen LogP contribution in [-0.2, 0) is 19.3 Å². The van der Waals surface area contributed by atoms with Gasteiger partial charge >= 0.3 is 0 Å². The molecule has 0 amide bonds. The second kappa shape index (κ2) is 11.5. The van der Waals surface area contributed by atoms with Crippen LogP contribution in [0.3, 0.4) is 0 Å². The molecule has 0 spiro atoms. The third kappa shape index (κ3) is 6.00. The Labute approximate surface area is 136 Å². The second-order valence-electron chi connectivity index (χ2n) is 6.06. The van der Waals surface area contributed by atoms with Gasteiger partial charge < -0.3 is 9.84 Å². The summed E-state index contributed by atoms with van der Waals surface area (Å²) in [5.41, 5.74) is 4.44. The summed E-state index contributed by atoms with van der Waals surface area (Å²) in [4.78, 5) is 0. The zero-order chi connectivity index (χ0) is 16.2. The van der Waals surface area contributed by atoms with Crippen LogP contribution in [0.4, 0.5) is 0 Å². The maximum absolute atomic E-state index is 9.05. The highest BCUT2D eigenvalue weighted by atomic mass is 16.5. The minimum Gasteiger partial charge on any atom is -0.491 e. The number of aryl methyl sites for hydroxylation is 1. The SMILES string of the molecule is CCCCc1ccc(OCCO)c(CCCC)c1CCCC. The van der Waals surface area contributed by atoms with Gasteiger partial charge in [0.05, 0.1) is 6.61 Å². The first-order valence-corrected chi connectivity index (χ1v) is 9.15. The number of aliphatic hydroxyl groups is 1. The lowest BCUT2D eigenvalue weighted by Gasteiger charge is -2.19. The van der Waals surface area contributed by atoms with Gasteiger partial charge in [0.15, 0.2) is 0 Å². The zero-order valence-corrected chi connectivity index (χ0v) is 14.8. The molecule has 0 heterocycles. The van der Waals surface area contributed by atoms with Gasteiger partial charge in [-0.2, -0.15) is 0 Å². The maximum atomic E-state index is 9.05. The number of ether oxygens (including phenoxy) is 1. The molecule has 22 heavy (non-hydrogen) atoms. The summed E-state index contributed by atoms with van der Waals surface area (Å²) >= 11 is 0. The molecule has 0 unspecified atom stereocenters. The average molecular weight is 306 g/mol. The van der Waals surface area contributed by atoms with Crippen molar-refractivity contribution >= 4 is 0 Å². The van der Waals surface area contributed by atoms with Gasteiger partial charge in [-0.05, 0) is 61.3 Å². The van der Waals surface area contributed by atoms with Crippen LogP contribution in [0.25, 0.3) is 0 Å². The van der Waals surface area contributed by atoms with Crippen LogP contribution in [-0.4, -0.2) is 18.3 Å². The van der Waals surface area contributed by atoms with E-state index in [2.05, 4.69) is 32.9 Å². The number of benzene rings is 1. The van der Waals surface area contributed by atoms with Crippen LogP contribution in [0, 0.1) is 0 Å². The lowest BCUT2D eigenvalue weighted by molar-refractivity contribution is 0.200. The van der Waals surface area contributed by atoms with E-state index in [0.717, 1.165) is 18.6 Å².